The van der Waals surface area contributed by atoms with E-state index < -0.39 is 28.5 Å². The van der Waals surface area contributed by atoms with E-state index in [-0.39, 0.29) is 29.5 Å². The molecule has 45 heavy (non-hydrogen) atoms. The molecule has 0 radical (unpaired) electrons. The van der Waals surface area contributed by atoms with Gasteiger partial charge in [0, 0.05) is 24.5 Å². The summed E-state index contributed by atoms with van der Waals surface area (Å²) in [5, 5.41) is 3.29. The van der Waals surface area contributed by atoms with Gasteiger partial charge in [-0.25, -0.2) is 8.42 Å². The highest BCUT2D eigenvalue weighted by atomic mass is 35.5. The number of benzene rings is 4. The summed E-state index contributed by atoms with van der Waals surface area (Å²) in [6.45, 7) is 5.77. The third-order valence-electron chi connectivity index (χ3n) is 7.24. The lowest BCUT2D eigenvalue weighted by molar-refractivity contribution is -0.140. The van der Waals surface area contributed by atoms with Gasteiger partial charge in [0.05, 0.1) is 17.2 Å². The smallest absolute Gasteiger partial charge is 0.264 e. The van der Waals surface area contributed by atoms with E-state index in [0.717, 1.165) is 15.4 Å². The molecule has 0 aromatic heterocycles. The van der Waals surface area contributed by atoms with E-state index in [1.807, 2.05) is 44.2 Å². The molecule has 4 aromatic rings. The minimum absolute atomic E-state index is 0.00512. The molecule has 0 saturated carbocycles. The standard InChI is InChI=1S/C35H38ClN3O5S/c1-4-37-35(41)33(23-27-11-7-6-8-12-27)38(24-28-13-9-10-14-32(28)36)34(40)25-39(29-17-19-30(20-18-29)44-5-2)45(42,43)31-21-15-26(3)16-22-31/h6-22,33H,4-5,23-25H2,1-3H3,(H,37,41)/t33-/m0/s1. The Labute approximate surface area is 270 Å². The van der Waals surface area contributed by atoms with Gasteiger partial charge in [0.2, 0.25) is 11.8 Å². The third-order valence-corrected chi connectivity index (χ3v) is 9.40. The zero-order valence-corrected chi connectivity index (χ0v) is 27.2. The first kappa shape index (κ1) is 33.6. The fourth-order valence-electron chi connectivity index (χ4n) is 4.90. The van der Waals surface area contributed by atoms with Crippen LogP contribution in [0.1, 0.15) is 30.5 Å². The summed E-state index contributed by atoms with van der Waals surface area (Å²) in [7, 11) is -4.20. The van der Waals surface area contributed by atoms with Crippen molar-refractivity contribution in [2.75, 3.05) is 24.0 Å². The maximum absolute atomic E-state index is 14.5. The summed E-state index contributed by atoms with van der Waals surface area (Å²) in [6.07, 6.45) is 0.219. The molecule has 0 aliphatic rings. The summed E-state index contributed by atoms with van der Waals surface area (Å²) in [4.78, 5) is 29.5. The van der Waals surface area contributed by atoms with Crippen molar-refractivity contribution < 1.29 is 22.7 Å². The Hall–Kier alpha value is -4.34. The van der Waals surface area contributed by atoms with Crippen LogP contribution in [0.15, 0.2) is 108 Å². The van der Waals surface area contributed by atoms with E-state index in [4.69, 9.17) is 16.3 Å². The molecular formula is C35H38ClN3O5S. The summed E-state index contributed by atoms with van der Waals surface area (Å²) in [5.74, 6) is -0.345. The molecule has 10 heteroatoms. The molecular weight excluding hydrogens is 610 g/mol. The Bertz CT molecular complexity index is 1680. The van der Waals surface area contributed by atoms with Crippen molar-refractivity contribution in [2.45, 2.75) is 44.7 Å². The minimum atomic E-state index is -4.20. The second-order valence-electron chi connectivity index (χ2n) is 10.5. The molecule has 0 fully saturated rings. The lowest BCUT2D eigenvalue weighted by Gasteiger charge is -2.34. The first-order valence-electron chi connectivity index (χ1n) is 14.8. The molecule has 1 N–H and O–H groups in total. The number of halogens is 1. The zero-order chi connectivity index (χ0) is 32.4. The summed E-state index contributed by atoms with van der Waals surface area (Å²) >= 11 is 6.53. The molecule has 0 spiro atoms. The predicted octanol–water partition coefficient (Wildman–Crippen LogP) is 6.02. The van der Waals surface area contributed by atoms with Crippen LogP contribution in [0.25, 0.3) is 0 Å². The van der Waals surface area contributed by atoms with Gasteiger partial charge in [0.25, 0.3) is 10.0 Å². The zero-order valence-electron chi connectivity index (χ0n) is 25.6. The van der Waals surface area contributed by atoms with Gasteiger partial charge >= 0.3 is 0 Å². The highest BCUT2D eigenvalue weighted by Gasteiger charge is 2.34. The molecule has 236 valence electrons. The van der Waals surface area contributed by atoms with Crippen molar-refractivity contribution in [3.05, 3.63) is 125 Å². The lowest BCUT2D eigenvalue weighted by atomic mass is 10.0. The van der Waals surface area contributed by atoms with E-state index in [0.29, 0.717) is 29.5 Å². The van der Waals surface area contributed by atoms with E-state index >= 15 is 0 Å². The Morgan fingerprint density at radius 3 is 2.13 bits per heavy atom. The number of sulfonamides is 1. The lowest BCUT2D eigenvalue weighted by Crippen LogP contribution is -2.53. The van der Waals surface area contributed by atoms with Crippen molar-refractivity contribution in [3.63, 3.8) is 0 Å². The van der Waals surface area contributed by atoms with Crippen LogP contribution in [-0.4, -0.2) is 50.9 Å². The second kappa shape index (κ2) is 15.6. The maximum atomic E-state index is 14.5. The topological polar surface area (TPSA) is 96.0 Å². The number of hydrogen-bond donors (Lipinski definition) is 1. The van der Waals surface area contributed by atoms with Crippen molar-refractivity contribution in [1.29, 1.82) is 0 Å². The van der Waals surface area contributed by atoms with Gasteiger partial charge in [-0.3, -0.25) is 13.9 Å². The number of amides is 2. The van der Waals surface area contributed by atoms with Gasteiger partial charge in [0.1, 0.15) is 18.3 Å². The number of carbonyl (C=O) groups is 2. The van der Waals surface area contributed by atoms with Gasteiger partial charge in [0.15, 0.2) is 0 Å². The van der Waals surface area contributed by atoms with Gasteiger partial charge in [-0.15, -0.1) is 0 Å². The van der Waals surface area contributed by atoms with Crippen LogP contribution < -0.4 is 14.4 Å². The van der Waals surface area contributed by atoms with Crippen molar-refractivity contribution >= 4 is 39.1 Å². The number of anilines is 1. The molecule has 4 aromatic carbocycles. The number of hydrogen-bond acceptors (Lipinski definition) is 5. The second-order valence-corrected chi connectivity index (χ2v) is 12.7. The highest BCUT2D eigenvalue weighted by molar-refractivity contribution is 7.92. The normalized spacial score (nSPS) is 11.8. The molecule has 1 atom stereocenters. The van der Waals surface area contributed by atoms with Crippen molar-refractivity contribution in [1.82, 2.24) is 10.2 Å². The van der Waals surface area contributed by atoms with E-state index in [1.165, 1.54) is 17.0 Å². The Morgan fingerprint density at radius 2 is 1.51 bits per heavy atom. The molecule has 0 bridgehead atoms. The molecule has 0 saturated heterocycles. The van der Waals surface area contributed by atoms with Crippen LogP contribution in [0.3, 0.4) is 0 Å². The van der Waals surface area contributed by atoms with Crippen LogP contribution in [0.2, 0.25) is 5.02 Å². The fraction of sp³-hybridized carbons (Fsp3) is 0.257. The summed E-state index contributed by atoms with van der Waals surface area (Å²) in [6, 6.07) is 28.5. The summed E-state index contributed by atoms with van der Waals surface area (Å²) in [5.41, 5.74) is 2.65. The van der Waals surface area contributed by atoms with Crippen LogP contribution >= 0.6 is 11.6 Å². The third kappa shape index (κ3) is 8.65. The van der Waals surface area contributed by atoms with Crippen LogP contribution in [0.5, 0.6) is 5.75 Å². The van der Waals surface area contributed by atoms with Crippen LogP contribution in [0, 0.1) is 6.92 Å². The number of rotatable bonds is 14. The molecule has 0 unspecified atom stereocenters. The molecule has 8 nitrogen and oxygen atoms in total. The molecule has 0 heterocycles. The molecule has 4 rings (SSSR count). The maximum Gasteiger partial charge on any atom is 0.264 e. The molecule has 2 amide bonds. The average Bonchev–Trinajstić information content (AvgIpc) is 3.03. The number of carbonyl (C=O) groups excluding carboxylic acids is 2. The number of aryl methyl sites for hydroxylation is 1. The average molecular weight is 648 g/mol. The Kier molecular flexibility index (Phi) is 11.6. The fourth-order valence-corrected chi connectivity index (χ4v) is 6.51. The molecule has 0 aliphatic heterocycles. The minimum Gasteiger partial charge on any atom is -0.494 e. The van der Waals surface area contributed by atoms with Crippen molar-refractivity contribution in [3.8, 4) is 5.75 Å². The van der Waals surface area contributed by atoms with E-state index in [1.54, 1.807) is 67.6 Å². The quantitative estimate of drug-likeness (QED) is 0.181. The Balaban J connectivity index is 1.80. The largest absolute Gasteiger partial charge is 0.494 e. The summed E-state index contributed by atoms with van der Waals surface area (Å²) < 4.78 is 34.9. The van der Waals surface area contributed by atoms with Gasteiger partial charge in [-0.1, -0.05) is 77.8 Å². The van der Waals surface area contributed by atoms with Crippen molar-refractivity contribution in [2.24, 2.45) is 0 Å². The van der Waals surface area contributed by atoms with E-state index in [9.17, 15) is 18.0 Å². The van der Waals surface area contributed by atoms with Crippen LogP contribution in [0.4, 0.5) is 5.69 Å². The number of nitrogens with zero attached hydrogens (tertiary/aromatic N) is 2. The number of nitrogens with one attached hydrogen (secondary N) is 1. The molecule has 0 aliphatic carbocycles. The van der Waals surface area contributed by atoms with Gasteiger partial charge in [-0.05, 0) is 74.4 Å². The highest BCUT2D eigenvalue weighted by Crippen LogP contribution is 2.28. The van der Waals surface area contributed by atoms with Crippen LogP contribution in [-0.2, 0) is 32.6 Å². The monoisotopic (exact) mass is 647 g/mol. The first-order chi connectivity index (χ1) is 21.6. The predicted molar refractivity (Wildman–Crippen MR) is 178 cm³/mol. The van der Waals surface area contributed by atoms with Gasteiger partial charge < -0.3 is 15.0 Å². The number of ether oxygens (including phenoxy) is 1. The van der Waals surface area contributed by atoms with E-state index in [2.05, 4.69) is 5.32 Å². The Morgan fingerprint density at radius 1 is 0.867 bits per heavy atom. The SMILES string of the molecule is CCNC(=O)[C@H](Cc1ccccc1)N(Cc1ccccc1Cl)C(=O)CN(c1ccc(OCC)cc1)S(=O)(=O)c1ccc(C)cc1. The van der Waals surface area contributed by atoms with Gasteiger partial charge in [-0.2, -0.15) is 0 Å². The first-order valence-corrected chi connectivity index (χ1v) is 16.6. The number of likely N-dealkylation sites (N-methyl/N-ethyl adjacent to an activating group) is 1.